The Morgan fingerprint density at radius 3 is 2.73 bits per heavy atom. The number of thiocarbonyl (C=S) groups is 1. The maximum atomic E-state index is 14.3. The van der Waals surface area contributed by atoms with Crippen molar-refractivity contribution in [3.63, 3.8) is 0 Å². The van der Waals surface area contributed by atoms with Gasteiger partial charge in [-0.05, 0) is 57.8 Å². The third kappa shape index (κ3) is 5.30. The predicted molar refractivity (Wildman–Crippen MR) is 102 cm³/mol. The summed E-state index contributed by atoms with van der Waals surface area (Å²) >= 11 is 4.65. The minimum atomic E-state index is -1.56. The van der Waals surface area contributed by atoms with Crippen molar-refractivity contribution < 1.29 is 14.3 Å². The Morgan fingerprint density at radius 2 is 2.19 bits per heavy atom. The highest BCUT2D eigenvalue weighted by molar-refractivity contribution is 7.78. The molecule has 6 nitrogen and oxygen atoms in total. The van der Waals surface area contributed by atoms with E-state index >= 15 is 0 Å². The number of primary amides is 1. The third-order valence-corrected chi connectivity index (χ3v) is 4.81. The van der Waals surface area contributed by atoms with Crippen molar-refractivity contribution in [2.24, 2.45) is 10.7 Å². The number of hydrogen-bond donors (Lipinski definition) is 3. The molecule has 1 aromatic rings. The Morgan fingerprint density at radius 1 is 1.54 bits per heavy atom. The molecule has 1 amide bonds. The molecule has 0 saturated heterocycles. The Labute approximate surface area is 158 Å². The van der Waals surface area contributed by atoms with E-state index in [4.69, 9.17) is 5.73 Å². The van der Waals surface area contributed by atoms with E-state index in [-0.39, 0.29) is 29.8 Å². The number of isothiocyanates is 1. The summed E-state index contributed by atoms with van der Waals surface area (Å²) in [6.45, 7) is 2.76. The molecular weight excluding hydrogens is 355 g/mol. The van der Waals surface area contributed by atoms with Crippen LogP contribution in [-0.4, -0.2) is 45.0 Å². The largest absolute Gasteiger partial charge is 0.387 e. The molecule has 4 N–H and O–H groups in total. The lowest BCUT2D eigenvalue weighted by molar-refractivity contribution is -0.00307. The molecule has 1 aromatic heterocycles. The number of aliphatic hydroxyl groups is 1. The van der Waals surface area contributed by atoms with Crippen LogP contribution in [-0.2, 0) is 6.42 Å². The van der Waals surface area contributed by atoms with Crippen LogP contribution in [0.4, 0.5) is 10.1 Å². The number of nitrogens with two attached hydrogens (primary N) is 1. The van der Waals surface area contributed by atoms with Gasteiger partial charge in [0.05, 0.1) is 33.7 Å². The van der Waals surface area contributed by atoms with Crippen molar-refractivity contribution in [1.29, 1.82) is 0 Å². The molecule has 0 spiro atoms. The smallest absolute Gasteiger partial charge is 0.252 e. The minimum absolute atomic E-state index is 0.162. The number of aromatic nitrogens is 1. The first-order valence-electron chi connectivity index (χ1n) is 8.70. The molecule has 1 aliphatic rings. The van der Waals surface area contributed by atoms with Crippen LogP contribution in [0, 0.1) is 0 Å². The minimum Gasteiger partial charge on any atom is -0.387 e. The number of aliphatic imine (C=N–C) groups is 1. The molecule has 0 unspecified atom stereocenters. The number of anilines is 1. The summed E-state index contributed by atoms with van der Waals surface area (Å²) in [5, 5.41) is 15.6. The molecule has 1 saturated carbocycles. The van der Waals surface area contributed by atoms with E-state index in [1.54, 1.807) is 6.07 Å². The number of rotatable bonds is 7. The summed E-state index contributed by atoms with van der Waals surface area (Å²) in [4.78, 5) is 20.2. The van der Waals surface area contributed by atoms with E-state index in [2.05, 4.69) is 32.7 Å². The Balaban J connectivity index is 2.17. The fraction of sp³-hybridized carbons (Fsp3) is 0.611. The van der Waals surface area contributed by atoms with Crippen LogP contribution in [0.3, 0.4) is 0 Å². The van der Waals surface area contributed by atoms with Crippen molar-refractivity contribution in [1.82, 2.24) is 4.98 Å². The molecule has 1 aliphatic carbocycles. The quantitative estimate of drug-likeness (QED) is 0.499. The average Bonchev–Trinajstić information content (AvgIpc) is 2.56. The average molecular weight is 380 g/mol. The van der Waals surface area contributed by atoms with Crippen molar-refractivity contribution in [2.45, 2.75) is 69.8 Å². The fourth-order valence-corrected chi connectivity index (χ4v) is 3.27. The van der Waals surface area contributed by atoms with Gasteiger partial charge in [-0.3, -0.25) is 9.78 Å². The van der Waals surface area contributed by atoms with Gasteiger partial charge in [-0.2, -0.15) is 0 Å². The van der Waals surface area contributed by atoms with Gasteiger partial charge >= 0.3 is 0 Å². The number of halogens is 1. The zero-order valence-electron chi connectivity index (χ0n) is 15.0. The molecule has 2 rings (SSSR count). The molecule has 0 aromatic carbocycles. The van der Waals surface area contributed by atoms with Gasteiger partial charge in [-0.15, -0.1) is 0 Å². The van der Waals surface area contributed by atoms with E-state index in [9.17, 15) is 14.3 Å². The van der Waals surface area contributed by atoms with Crippen LogP contribution in [0.15, 0.2) is 17.3 Å². The second-order valence-corrected chi connectivity index (χ2v) is 7.42. The van der Waals surface area contributed by atoms with E-state index in [0.717, 1.165) is 25.7 Å². The highest BCUT2D eigenvalue weighted by atomic mass is 32.1. The second-order valence-electron chi connectivity index (χ2n) is 7.24. The number of carbonyl (C=O) groups excluding carboxylic acids is 1. The topological polar surface area (TPSA) is 101 Å². The van der Waals surface area contributed by atoms with Crippen molar-refractivity contribution in [3.8, 4) is 0 Å². The monoisotopic (exact) mass is 380 g/mol. The lowest BCUT2D eigenvalue weighted by Crippen LogP contribution is -2.35. The molecule has 0 aliphatic heterocycles. The summed E-state index contributed by atoms with van der Waals surface area (Å²) < 4.78 is 14.3. The van der Waals surface area contributed by atoms with E-state index in [1.807, 2.05) is 0 Å². The Hall–Kier alpha value is -1.89. The van der Waals surface area contributed by atoms with Gasteiger partial charge < -0.3 is 16.2 Å². The number of nitrogens with one attached hydrogen (secondary N) is 1. The summed E-state index contributed by atoms with van der Waals surface area (Å²) in [6, 6.07) is 2.03. The molecule has 1 heterocycles. The first-order chi connectivity index (χ1) is 12.2. The van der Waals surface area contributed by atoms with E-state index in [1.165, 1.54) is 20.0 Å². The van der Waals surface area contributed by atoms with Crippen LogP contribution < -0.4 is 11.1 Å². The highest BCUT2D eigenvalue weighted by Gasteiger charge is 2.30. The molecule has 26 heavy (non-hydrogen) atoms. The Kier molecular flexibility index (Phi) is 6.81. The van der Waals surface area contributed by atoms with E-state index in [0.29, 0.717) is 5.69 Å². The fourth-order valence-electron chi connectivity index (χ4n) is 3.12. The van der Waals surface area contributed by atoms with Crippen LogP contribution in [0.1, 0.15) is 55.6 Å². The van der Waals surface area contributed by atoms with Crippen LogP contribution in [0.25, 0.3) is 0 Å². The van der Waals surface area contributed by atoms with Gasteiger partial charge in [0.25, 0.3) is 5.91 Å². The molecule has 0 radical (unpaired) electrons. The van der Waals surface area contributed by atoms with Crippen molar-refractivity contribution in [2.75, 3.05) is 5.32 Å². The zero-order chi connectivity index (χ0) is 19.3. The van der Waals surface area contributed by atoms with Gasteiger partial charge in [-0.1, -0.05) is 0 Å². The normalized spacial score (nSPS) is 21.5. The van der Waals surface area contributed by atoms with Gasteiger partial charge in [0.1, 0.15) is 6.17 Å². The number of carbonyl (C=O) groups is 1. The standard InChI is InChI=1S/C18H25FN4O2S/c1-18(2,25)15(19)9-14-16(17(20)24)13(7-8-21-14)23-12-5-3-11(4-6-12)22-10-26/h7-8,11-12,15,25H,3-6,9H2,1-2H3,(H2,20,24)(H,21,23)/t11?,12?,15-/m1/s1. The van der Waals surface area contributed by atoms with Crippen LogP contribution >= 0.6 is 12.2 Å². The molecular formula is C18H25FN4O2S. The van der Waals surface area contributed by atoms with E-state index < -0.39 is 17.7 Å². The van der Waals surface area contributed by atoms with Crippen LogP contribution in [0.5, 0.6) is 0 Å². The predicted octanol–water partition coefficient (Wildman–Crippen LogP) is 2.66. The number of nitrogens with zero attached hydrogens (tertiary/aromatic N) is 2. The highest BCUT2D eigenvalue weighted by Crippen LogP contribution is 2.27. The maximum absolute atomic E-state index is 14.3. The molecule has 8 heteroatoms. The first kappa shape index (κ1) is 20.4. The number of amides is 1. The Bertz CT molecular complexity index is 693. The van der Waals surface area contributed by atoms with Crippen molar-refractivity contribution >= 4 is 29.0 Å². The summed E-state index contributed by atoms with van der Waals surface area (Å²) in [5.41, 5.74) is 4.97. The van der Waals surface area contributed by atoms with Gasteiger partial charge in [0.2, 0.25) is 0 Å². The third-order valence-electron chi connectivity index (χ3n) is 4.71. The molecule has 142 valence electrons. The lowest BCUT2D eigenvalue weighted by atomic mass is 9.91. The zero-order valence-corrected chi connectivity index (χ0v) is 15.9. The van der Waals surface area contributed by atoms with Crippen molar-refractivity contribution in [3.05, 3.63) is 23.5 Å². The second kappa shape index (κ2) is 8.66. The first-order valence-corrected chi connectivity index (χ1v) is 9.10. The summed E-state index contributed by atoms with van der Waals surface area (Å²) in [7, 11) is 0. The van der Waals surface area contributed by atoms with Gasteiger partial charge in [-0.25, -0.2) is 9.38 Å². The molecule has 1 fully saturated rings. The summed E-state index contributed by atoms with van der Waals surface area (Å²) in [5.74, 6) is -0.669. The number of pyridine rings is 1. The van der Waals surface area contributed by atoms with Gasteiger partial charge in [0.15, 0.2) is 0 Å². The number of alkyl halides is 1. The summed E-state index contributed by atoms with van der Waals surface area (Å²) in [6.07, 6.45) is 3.28. The van der Waals surface area contributed by atoms with Gasteiger partial charge in [0, 0.05) is 18.7 Å². The lowest BCUT2D eigenvalue weighted by Gasteiger charge is -2.28. The molecule has 1 atom stereocenters. The molecule has 0 bridgehead atoms. The van der Waals surface area contributed by atoms with Crippen LogP contribution in [0.2, 0.25) is 0 Å². The number of hydrogen-bond acceptors (Lipinski definition) is 6. The SMILES string of the molecule is CC(C)(O)[C@H](F)Cc1nccc(NC2CCC(N=C=S)CC2)c1C(N)=O. The maximum Gasteiger partial charge on any atom is 0.252 e.